The predicted octanol–water partition coefficient (Wildman–Crippen LogP) is 10.2. The van der Waals surface area contributed by atoms with Crippen molar-refractivity contribution in [3.63, 3.8) is 0 Å². The number of carbonyl (C=O) groups is 1. The number of carboxylic acid groups (broad SMARTS) is 1. The van der Waals surface area contributed by atoms with Crippen LogP contribution in [0.3, 0.4) is 0 Å². The fourth-order valence-electron chi connectivity index (χ4n) is 5.37. The van der Waals surface area contributed by atoms with E-state index in [-0.39, 0.29) is 5.57 Å². The summed E-state index contributed by atoms with van der Waals surface area (Å²) >= 11 is 0. The second kappa shape index (κ2) is 17.4. The Kier molecular flexibility index (Phi) is 12.3. The third-order valence-corrected chi connectivity index (χ3v) is 7.91. The molecule has 5 aromatic rings. The molecule has 0 saturated heterocycles. The van der Waals surface area contributed by atoms with E-state index in [4.69, 9.17) is 14.2 Å². The molecule has 0 aliphatic rings. The van der Waals surface area contributed by atoms with Gasteiger partial charge in [-0.2, -0.15) is 0 Å². The lowest BCUT2D eigenvalue weighted by atomic mass is 9.98. The van der Waals surface area contributed by atoms with Gasteiger partial charge in [0.15, 0.2) is 0 Å². The summed E-state index contributed by atoms with van der Waals surface area (Å²) in [5.41, 5.74) is 5.39. The number of aliphatic carboxylic acids is 1. The molecule has 0 amide bonds. The van der Waals surface area contributed by atoms with Gasteiger partial charge in [-0.15, -0.1) is 0 Å². The minimum absolute atomic E-state index is 0.119. The second-order valence-corrected chi connectivity index (χ2v) is 11.5. The summed E-state index contributed by atoms with van der Waals surface area (Å²) in [5.74, 6) is 0.743. The number of unbranched alkanes of at least 4 members (excludes halogenated alkanes) is 3. The summed E-state index contributed by atoms with van der Waals surface area (Å²) in [5, 5.41) is 10.5. The number of hydrogen-bond acceptors (Lipinski definition) is 4. The van der Waals surface area contributed by atoms with Crippen LogP contribution in [0.5, 0.6) is 17.2 Å². The highest BCUT2D eigenvalue weighted by molar-refractivity contribution is 6.21. The van der Waals surface area contributed by atoms with Crippen molar-refractivity contribution in [2.75, 3.05) is 0 Å². The Morgan fingerprint density at radius 3 is 1.66 bits per heavy atom. The van der Waals surface area contributed by atoms with E-state index in [9.17, 15) is 9.90 Å². The fraction of sp³-hybridized carbons (Fsp3) is 0.214. The normalized spacial score (nSPS) is 11.2. The van der Waals surface area contributed by atoms with Crippen molar-refractivity contribution in [1.29, 1.82) is 0 Å². The molecule has 0 radical (unpaired) electrons. The van der Waals surface area contributed by atoms with Crippen LogP contribution in [0, 0.1) is 0 Å². The Labute approximate surface area is 278 Å². The topological polar surface area (TPSA) is 65.0 Å². The Morgan fingerprint density at radius 1 is 0.596 bits per heavy atom. The molecular formula is C42H42O5. The van der Waals surface area contributed by atoms with Gasteiger partial charge in [-0.1, -0.05) is 135 Å². The monoisotopic (exact) mass is 626 g/mol. The predicted molar refractivity (Wildman–Crippen MR) is 189 cm³/mol. The molecule has 0 unspecified atom stereocenters. The number of aryl methyl sites for hydroxylation is 1. The first-order valence-corrected chi connectivity index (χ1v) is 16.3. The lowest BCUT2D eigenvalue weighted by Gasteiger charge is -2.18. The summed E-state index contributed by atoms with van der Waals surface area (Å²) in [4.78, 5) is 12.9. The van der Waals surface area contributed by atoms with Crippen LogP contribution in [0.15, 0.2) is 127 Å². The highest BCUT2D eigenvalue weighted by Crippen LogP contribution is 2.36. The average Bonchev–Trinajstić information content (AvgIpc) is 3.11. The van der Waals surface area contributed by atoms with Gasteiger partial charge in [0.1, 0.15) is 37.1 Å². The van der Waals surface area contributed by atoms with E-state index in [0.717, 1.165) is 60.1 Å². The zero-order chi connectivity index (χ0) is 32.7. The van der Waals surface area contributed by atoms with E-state index in [1.165, 1.54) is 0 Å². The summed E-state index contributed by atoms with van der Waals surface area (Å²) in [6, 6.07) is 41.1. The van der Waals surface area contributed by atoms with E-state index < -0.39 is 5.97 Å². The third kappa shape index (κ3) is 9.85. The molecule has 0 saturated carbocycles. The summed E-state index contributed by atoms with van der Waals surface area (Å²) in [6.45, 7) is 3.27. The molecule has 0 heterocycles. The van der Waals surface area contributed by atoms with Crippen LogP contribution in [-0.2, 0) is 31.0 Å². The second-order valence-electron chi connectivity index (χ2n) is 11.5. The Morgan fingerprint density at radius 2 is 1.11 bits per heavy atom. The van der Waals surface area contributed by atoms with Gasteiger partial charge < -0.3 is 19.3 Å². The maximum atomic E-state index is 12.9. The van der Waals surface area contributed by atoms with Gasteiger partial charge in [0.05, 0.1) is 5.57 Å². The molecule has 0 aliphatic heterocycles. The number of rotatable bonds is 17. The molecule has 0 bridgehead atoms. The van der Waals surface area contributed by atoms with Crippen LogP contribution in [0.25, 0.3) is 11.6 Å². The zero-order valence-corrected chi connectivity index (χ0v) is 26.9. The Bertz CT molecular complexity index is 1730. The molecule has 0 atom stereocenters. The van der Waals surface area contributed by atoms with E-state index in [0.29, 0.717) is 42.4 Å². The quantitative estimate of drug-likeness (QED) is 0.0632. The van der Waals surface area contributed by atoms with E-state index in [1.54, 1.807) is 12.1 Å². The SMILES string of the molecule is CCCCCCc1cc(/C=C(/C(=O)O)c2ccccc2OCc2ccccc2)c(OCc2ccccc2)cc1OCc1ccccc1. The van der Waals surface area contributed by atoms with Crippen molar-refractivity contribution in [2.24, 2.45) is 0 Å². The van der Waals surface area contributed by atoms with Gasteiger partial charge in [-0.3, -0.25) is 0 Å². The van der Waals surface area contributed by atoms with Gasteiger partial charge in [-0.05, 0) is 53.3 Å². The van der Waals surface area contributed by atoms with Crippen molar-refractivity contribution >= 4 is 17.6 Å². The standard InChI is InChI=1S/C42H42O5/c1-2-3-4-14-23-35-26-36(27-38(42(43)44)37-24-15-16-25-39(37)45-29-32-17-8-5-9-18-32)41(47-31-34-21-12-7-13-22-34)28-40(35)46-30-33-19-10-6-11-20-33/h5-13,15-22,24-28H,2-4,14,23,29-31H2,1H3,(H,43,44)/b38-27+. The fourth-order valence-corrected chi connectivity index (χ4v) is 5.37. The van der Waals surface area contributed by atoms with Crippen molar-refractivity contribution < 1.29 is 24.1 Å². The molecule has 1 N–H and O–H groups in total. The lowest BCUT2D eigenvalue weighted by Crippen LogP contribution is -2.05. The largest absolute Gasteiger partial charge is 0.488 e. The molecule has 5 rings (SSSR count). The van der Waals surface area contributed by atoms with Crippen LogP contribution in [-0.4, -0.2) is 11.1 Å². The number of benzene rings is 5. The smallest absolute Gasteiger partial charge is 0.336 e. The zero-order valence-electron chi connectivity index (χ0n) is 26.9. The summed E-state index contributed by atoms with van der Waals surface area (Å²) in [6.07, 6.45) is 6.93. The molecule has 240 valence electrons. The highest BCUT2D eigenvalue weighted by atomic mass is 16.5. The summed E-state index contributed by atoms with van der Waals surface area (Å²) in [7, 11) is 0. The van der Waals surface area contributed by atoms with Crippen LogP contribution in [0.2, 0.25) is 0 Å². The molecule has 5 aromatic carbocycles. The minimum atomic E-state index is -1.05. The average molecular weight is 627 g/mol. The van der Waals surface area contributed by atoms with Crippen LogP contribution in [0.4, 0.5) is 0 Å². The lowest BCUT2D eigenvalue weighted by molar-refractivity contribution is -0.130. The van der Waals surface area contributed by atoms with Crippen molar-refractivity contribution in [1.82, 2.24) is 0 Å². The van der Waals surface area contributed by atoms with Gasteiger partial charge >= 0.3 is 5.97 Å². The number of hydrogen-bond donors (Lipinski definition) is 1. The molecule has 0 fully saturated rings. The number of ether oxygens (including phenoxy) is 3. The van der Waals surface area contributed by atoms with Crippen LogP contribution < -0.4 is 14.2 Å². The third-order valence-electron chi connectivity index (χ3n) is 7.91. The molecule has 0 spiro atoms. The maximum Gasteiger partial charge on any atom is 0.336 e. The molecule has 5 nitrogen and oxygen atoms in total. The van der Waals surface area contributed by atoms with Crippen LogP contribution in [0.1, 0.15) is 66.0 Å². The van der Waals surface area contributed by atoms with Crippen molar-refractivity contribution in [3.05, 3.63) is 161 Å². The van der Waals surface area contributed by atoms with Crippen molar-refractivity contribution in [2.45, 2.75) is 58.8 Å². The van der Waals surface area contributed by atoms with E-state index in [1.807, 2.05) is 121 Å². The minimum Gasteiger partial charge on any atom is -0.488 e. The van der Waals surface area contributed by atoms with Crippen LogP contribution >= 0.6 is 0 Å². The molecule has 0 aliphatic carbocycles. The first-order chi connectivity index (χ1) is 23.1. The van der Waals surface area contributed by atoms with E-state index >= 15 is 0 Å². The molecule has 47 heavy (non-hydrogen) atoms. The summed E-state index contributed by atoms with van der Waals surface area (Å²) < 4.78 is 19.0. The Hall–Kier alpha value is -5.29. The first kappa shape index (κ1) is 33.1. The number of carboxylic acids is 1. The van der Waals surface area contributed by atoms with Gasteiger partial charge in [-0.25, -0.2) is 4.79 Å². The molecule has 5 heteroatoms. The maximum absolute atomic E-state index is 12.9. The Balaban J connectivity index is 1.54. The first-order valence-electron chi connectivity index (χ1n) is 16.3. The van der Waals surface area contributed by atoms with Gasteiger partial charge in [0, 0.05) is 17.2 Å². The van der Waals surface area contributed by atoms with Gasteiger partial charge in [0.2, 0.25) is 0 Å². The molecule has 0 aromatic heterocycles. The molecular weight excluding hydrogens is 584 g/mol. The van der Waals surface area contributed by atoms with Crippen molar-refractivity contribution in [3.8, 4) is 17.2 Å². The van der Waals surface area contributed by atoms with Gasteiger partial charge in [0.25, 0.3) is 0 Å². The number of para-hydroxylation sites is 1. The highest BCUT2D eigenvalue weighted by Gasteiger charge is 2.19. The van der Waals surface area contributed by atoms with E-state index in [2.05, 4.69) is 6.92 Å².